The number of nitriles is 1. The predicted octanol–water partition coefficient (Wildman–Crippen LogP) is 1.42. The Hall–Kier alpha value is -1.12. The molecule has 0 aromatic carbocycles. The first kappa shape index (κ1) is 15.2. The Balaban J connectivity index is 1.47. The second-order valence-electron chi connectivity index (χ2n) is 9.67. The van der Waals surface area contributed by atoms with E-state index in [1.54, 1.807) is 0 Å². The van der Waals surface area contributed by atoms with Crippen LogP contribution in [0.25, 0.3) is 0 Å². The Morgan fingerprint density at radius 3 is 2.79 bits per heavy atom. The molecule has 3 heterocycles. The fourth-order valence-corrected chi connectivity index (χ4v) is 6.91. The normalized spacial score (nSPS) is 54.8. The van der Waals surface area contributed by atoms with Crippen LogP contribution in [0.2, 0.25) is 0 Å². The molecule has 4 bridgehead atoms. The quantitative estimate of drug-likeness (QED) is 0.763. The highest BCUT2D eigenvalue weighted by Gasteiger charge is 2.60. The molecule has 3 saturated carbocycles. The largest absolute Gasteiger partial charge is 0.390 e. The summed E-state index contributed by atoms with van der Waals surface area (Å²) in [4.78, 5) is 15.3. The van der Waals surface area contributed by atoms with Gasteiger partial charge in [0.25, 0.3) is 0 Å². The molecule has 3 aliphatic heterocycles. The van der Waals surface area contributed by atoms with E-state index in [1.165, 1.54) is 6.42 Å². The molecule has 0 aromatic rings. The number of hydrogen-bond donors (Lipinski definition) is 2. The molecule has 0 radical (unpaired) electrons. The number of carbonyl (C=O) groups is 1. The maximum absolute atomic E-state index is 13.4. The first-order valence-corrected chi connectivity index (χ1v) is 9.58. The van der Waals surface area contributed by atoms with Crippen LogP contribution in [0.5, 0.6) is 0 Å². The van der Waals surface area contributed by atoms with E-state index in [1.807, 2.05) is 4.90 Å². The van der Waals surface area contributed by atoms with E-state index < -0.39 is 5.60 Å². The molecule has 1 amide bonds. The second-order valence-corrected chi connectivity index (χ2v) is 9.67. The third-order valence-corrected chi connectivity index (χ3v) is 7.55. The van der Waals surface area contributed by atoms with Crippen molar-refractivity contribution < 1.29 is 9.90 Å². The maximum Gasteiger partial charge on any atom is 0.241 e. The molecule has 8 atom stereocenters. The summed E-state index contributed by atoms with van der Waals surface area (Å²) < 4.78 is 0. The van der Waals surface area contributed by atoms with Crippen molar-refractivity contribution in [3.05, 3.63) is 0 Å². The predicted molar refractivity (Wildman–Crippen MR) is 87.7 cm³/mol. The van der Waals surface area contributed by atoms with Crippen LogP contribution in [0.3, 0.4) is 0 Å². The Bertz CT molecular complexity index is 631. The molecule has 3 aliphatic carbocycles. The van der Waals surface area contributed by atoms with Crippen molar-refractivity contribution in [3.8, 4) is 6.07 Å². The SMILES string of the molecule is C[C@]12C[C@H]3C[C@@H](CN[C@@H]1C(=O)N1[C@H](C#N)C[C@@H]4C[C@@H]41)C[C@](O)(C3)C2. The minimum atomic E-state index is -0.580. The Kier molecular flexibility index (Phi) is 2.99. The number of rotatable bonds is 1. The lowest BCUT2D eigenvalue weighted by molar-refractivity contribution is -0.154. The van der Waals surface area contributed by atoms with Gasteiger partial charge in [0.2, 0.25) is 5.91 Å². The van der Waals surface area contributed by atoms with Crippen molar-refractivity contribution in [1.29, 1.82) is 5.26 Å². The average molecular weight is 329 g/mol. The molecule has 0 unspecified atom stereocenters. The van der Waals surface area contributed by atoms with Gasteiger partial charge >= 0.3 is 0 Å². The number of carbonyl (C=O) groups excluding carboxylic acids is 1. The Labute approximate surface area is 143 Å². The van der Waals surface area contributed by atoms with Crippen molar-refractivity contribution in [2.24, 2.45) is 23.2 Å². The molecular weight excluding hydrogens is 302 g/mol. The molecule has 3 saturated heterocycles. The monoisotopic (exact) mass is 329 g/mol. The number of nitrogens with zero attached hydrogens (tertiary/aromatic N) is 2. The second kappa shape index (κ2) is 4.74. The molecule has 6 aliphatic rings. The summed E-state index contributed by atoms with van der Waals surface area (Å²) in [7, 11) is 0. The Morgan fingerprint density at radius 2 is 2.04 bits per heavy atom. The fourth-order valence-electron chi connectivity index (χ4n) is 6.91. The molecule has 0 spiro atoms. The highest BCUT2D eigenvalue weighted by atomic mass is 16.3. The van der Waals surface area contributed by atoms with E-state index in [2.05, 4.69) is 18.3 Å². The molecule has 130 valence electrons. The minimum Gasteiger partial charge on any atom is -0.390 e. The van der Waals surface area contributed by atoms with Crippen molar-refractivity contribution in [1.82, 2.24) is 10.2 Å². The molecule has 5 heteroatoms. The van der Waals surface area contributed by atoms with Crippen molar-refractivity contribution in [2.75, 3.05) is 6.54 Å². The van der Waals surface area contributed by atoms with Gasteiger partial charge in [-0.25, -0.2) is 0 Å². The lowest BCUT2D eigenvalue weighted by atomic mass is 9.54. The molecule has 24 heavy (non-hydrogen) atoms. The number of fused-ring (bicyclic) bond motifs is 3. The fraction of sp³-hybridized carbons (Fsp3) is 0.895. The van der Waals surface area contributed by atoms with Gasteiger partial charge in [0, 0.05) is 6.04 Å². The summed E-state index contributed by atoms with van der Waals surface area (Å²) >= 11 is 0. The van der Waals surface area contributed by atoms with Crippen LogP contribution in [-0.2, 0) is 4.79 Å². The molecule has 0 aromatic heterocycles. The lowest BCUT2D eigenvalue weighted by Gasteiger charge is -2.57. The summed E-state index contributed by atoms with van der Waals surface area (Å²) in [6.07, 6.45) is 6.64. The molecule has 6 rings (SSSR count). The van der Waals surface area contributed by atoms with Crippen LogP contribution in [0.15, 0.2) is 0 Å². The van der Waals surface area contributed by atoms with Gasteiger partial charge in [0.1, 0.15) is 6.04 Å². The number of piperidine rings is 1. The minimum absolute atomic E-state index is 0.125. The van der Waals surface area contributed by atoms with Gasteiger partial charge in [-0.15, -0.1) is 0 Å². The Morgan fingerprint density at radius 1 is 1.25 bits per heavy atom. The van der Waals surface area contributed by atoms with Crippen molar-refractivity contribution in [3.63, 3.8) is 0 Å². The van der Waals surface area contributed by atoms with Gasteiger partial charge in [0.05, 0.1) is 17.7 Å². The average Bonchev–Trinajstić information content (AvgIpc) is 3.14. The summed E-state index contributed by atoms with van der Waals surface area (Å²) in [5.74, 6) is 1.70. The summed E-state index contributed by atoms with van der Waals surface area (Å²) in [6.45, 7) is 3.01. The van der Waals surface area contributed by atoms with Crippen LogP contribution in [0.1, 0.15) is 51.9 Å². The van der Waals surface area contributed by atoms with Gasteiger partial charge in [-0.3, -0.25) is 4.79 Å². The molecule has 2 N–H and O–H groups in total. The summed E-state index contributed by atoms with van der Waals surface area (Å²) in [5, 5.41) is 24.1. The summed E-state index contributed by atoms with van der Waals surface area (Å²) in [6, 6.07) is 2.16. The van der Waals surface area contributed by atoms with Crippen molar-refractivity contribution in [2.45, 2.75) is 75.6 Å². The molecule has 5 nitrogen and oxygen atoms in total. The van der Waals surface area contributed by atoms with E-state index in [0.29, 0.717) is 23.8 Å². The van der Waals surface area contributed by atoms with Gasteiger partial charge < -0.3 is 15.3 Å². The molecular formula is C19H27N3O2. The zero-order valence-electron chi connectivity index (χ0n) is 14.4. The highest BCUT2D eigenvalue weighted by Crippen LogP contribution is 2.56. The smallest absolute Gasteiger partial charge is 0.241 e. The van der Waals surface area contributed by atoms with Gasteiger partial charge in [0.15, 0.2) is 0 Å². The number of likely N-dealkylation sites (tertiary alicyclic amines) is 1. The van der Waals surface area contributed by atoms with Gasteiger partial charge in [-0.05, 0) is 74.7 Å². The zero-order valence-corrected chi connectivity index (χ0v) is 14.4. The van der Waals surface area contributed by atoms with E-state index in [-0.39, 0.29) is 23.4 Å². The van der Waals surface area contributed by atoms with E-state index in [4.69, 9.17) is 0 Å². The zero-order chi connectivity index (χ0) is 16.7. The van der Waals surface area contributed by atoms with Gasteiger partial charge in [-0.2, -0.15) is 5.26 Å². The van der Waals surface area contributed by atoms with E-state index in [0.717, 1.165) is 45.1 Å². The maximum atomic E-state index is 13.4. The van der Waals surface area contributed by atoms with Crippen LogP contribution >= 0.6 is 0 Å². The third kappa shape index (κ3) is 2.09. The highest BCUT2D eigenvalue weighted by molar-refractivity contribution is 5.84. The van der Waals surface area contributed by atoms with E-state index in [9.17, 15) is 15.2 Å². The first-order chi connectivity index (χ1) is 11.4. The third-order valence-electron chi connectivity index (χ3n) is 7.55. The number of hydrogen-bond acceptors (Lipinski definition) is 4. The van der Waals surface area contributed by atoms with Crippen molar-refractivity contribution >= 4 is 5.91 Å². The number of amides is 1. The first-order valence-electron chi connectivity index (χ1n) is 9.58. The topological polar surface area (TPSA) is 76.4 Å². The van der Waals surface area contributed by atoms with Crippen LogP contribution in [0, 0.1) is 34.5 Å². The standard InChI is InChI=1S/C19H27N3O2/c1-18-5-11-2-12(7-19(24,6-11)10-18)9-21-16(18)17(23)22-14(8-20)3-13-4-15(13)22/h11-16,21,24H,2-7,9-10H2,1H3/t11-,12-,13-,14+,15+,16-,18-,19-/m1/s1. The lowest BCUT2D eigenvalue weighted by Crippen LogP contribution is -2.64. The van der Waals surface area contributed by atoms with Crippen LogP contribution in [-0.4, -0.2) is 46.2 Å². The van der Waals surface area contributed by atoms with E-state index >= 15 is 0 Å². The summed E-state index contributed by atoms with van der Waals surface area (Å²) in [5.41, 5.74) is -0.782. The number of aliphatic hydroxyl groups is 1. The van der Waals surface area contributed by atoms with Crippen LogP contribution in [0.4, 0.5) is 0 Å². The van der Waals surface area contributed by atoms with Gasteiger partial charge in [-0.1, -0.05) is 6.92 Å². The number of nitrogens with one attached hydrogen (secondary N) is 1. The van der Waals surface area contributed by atoms with Crippen LogP contribution < -0.4 is 5.32 Å². The molecule has 6 fully saturated rings.